The quantitative estimate of drug-likeness (QED) is 0.343. The van der Waals surface area contributed by atoms with Crippen LogP contribution >= 0.6 is 0 Å². The van der Waals surface area contributed by atoms with Crippen molar-refractivity contribution in [2.75, 3.05) is 0 Å². The summed E-state index contributed by atoms with van der Waals surface area (Å²) >= 11 is 0. The second-order valence-corrected chi connectivity index (χ2v) is 8.96. The lowest BCUT2D eigenvalue weighted by molar-refractivity contribution is -0.139. The second kappa shape index (κ2) is 9.21. The first-order chi connectivity index (χ1) is 15.3. The highest BCUT2D eigenvalue weighted by molar-refractivity contribution is 5.89. The zero-order valence-corrected chi connectivity index (χ0v) is 18.1. The molecule has 0 nitrogen and oxygen atoms in total. The van der Waals surface area contributed by atoms with Crippen molar-refractivity contribution in [2.24, 2.45) is 5.92 Å². The predicted octanol–water partition coefficient (Wildman–Crippen LogP) is 9.27. The minimum Gasteiger partial charge on any atom is -0.206 e. The maximum atomic E-state index is 15.2. The highest BCUT2D eigenvalue weighted by Gasteiger charge is 2.34. The molecule has 1 fully saturated rings. The van der Waals surface area contributed by atoms with Gasteiger partial charge in [-0.1, -0.05) is 62.6 Å². The van der Waals surface area contributed by atoms with Crippen LogP contribution < -0.4 is 0 Å². The summed E-state index contributed by atoms with van der Waals surface area (Å²) in [6, 6.07) is 11.5. The summed E-state index contributed by atoms with van der Waals surface area (Å²) in [6.45, 7) is 2.22. The summed E-state index contributed by atoms with van der Waals surface area (Å²) in [4.78, 5) is 0. The SMILES string of the molecule is CCCC[C@H]1CC[C@H](c2ccc3c(F)c(-c4ccc(C(F)(F)F)c(F)c4)ccc3c2)CC1. The van der Waals surface area contributed by atoms with Gasteiger partial charge < -0.3 is 0 Å². The number of unbranched alkanes of at least 4 members (excludes halogenated alkanes) is 1. The molecule has 0 atom stereocenters. The normalized spacial score (nSPS) is 19.4. The average molecular weight is 447 g/mol. The summed E-state index contributed by atoms with van der Waals surface area (Å²) in [7, 11) is 0. The van der Waals surface area contributed by atoms with E-state index in [1.165, 1.54) is 43.7 Å². The van der Waals surface area contributed by atoms with Gasteiger partial charge in [0.2, 0.25) is 0 Å². The standard InChI is InChI=1S/C27H27F5/c1-2-3-4-17-5-7-18(8-6-17)19-9-12-22-20(15-19)10-13-23(26(22)29)21-11-14-24(25(28)16-21)27(30,31)32/h9-18H,2-8H2,1H3/t17-,18-. The number of hydrogen-bond donors (Lipinski definition) is 0. The first-order valence-electron chi connectivity index (χ1n) is 11.4. The molecule has 3 aromatic rings. The van der Waals surface area contributed by atoms with Crippen LogP contribution in [-0.2, 0) is 6.18 Å². The Balaban J connectivity index is 1.58. The Morgan fingerprint density at radius 2 is 1.62 bits per heavy atom. The molecule has 0 spiro atoms. The molecule has 1 aliphatic carbocycles. The van der Waals surface area contributed by atoms with Crippen molar-refractivity contribution >= 4 is 10.8 Å². The van der Waals surface area contributed by atoms with Gasteiger partial charge >= 0.3 is 6.18 Å². The Bertz CT molecular complexity index is 1090. The van der Waals surface area contributed by atoms with E-state index in [0.717, 1.165) is 36.3 Å². The Hall–Kier alpha value is -2.43. The first kappa shape index (κ1) is 22.8. The molecular weight excluding hydrogens is 419 g/mol. The highest BCUT2D eigenvalue weighted by atomic mass is 19.4. The van der Waals surface area contributed by atoms with Crippen molar-refractivity contribution in [2.45, 2.75) is 64.0 Å². The van der Waals surface area contributed by atoms with Crippen molar-refractivity contribution in [3.05, 3.63) is 71.3 Å². The molecule has 0 aliphatic heterocycles. The van der Waals surface area contributed by atoms with Gasteiger partial charge in [-0.3, -0.25) is 0 Å². The fourth-order valence-electron chi connectivity index (χ4n) is 4.98. The van der Waals surface area contributed by atoms with Gasteiger partial charge in [-0.05, 0) is 66.2 Å². The van der Waals surface area contributed by atoms with Gasteiger partial charge in [0.05, 0.1) is 5.56 Å². The molecule has 1 saturated carbocycles. The van der Waals surface area contributed by atoms with Gasteiger partial charge in [-0.2, -0.15) is 13.2 Å². The van der Waals surface area contributed by atoms with E-state index in [-0.39, 0.29) is 11.1 Å². The van der Waals surface area contributed by atoms with E-state index in [1.807, 2.05) is 12.1 Å². The summed E-state index contributed by atoms with van der Waals surface area (Å²) in [5.74, 6) is -0.657. The topological polar surface area (TPSA) is 0 Å². The maximum absolute atomic E-state index is 15.2. The first-order valence-corrected chi connectivity index (χ1v) is 11.4. The fraction of sp³-hybridized carbons (Fsp3) is 0.407. The number of rotatable bonds is 5. The largest absolute Gasteiger partial charge is 0.419 e. The molecule has 4 rings (SSSR count). The molecule has 0 heterocycles. The van der Waals surface area contributed by atoms with Gasteiger partial charge in [-0.25, -0.2) is 8.78 Å². The summed E-state index contributed by atoms with van der Waals surface area (Å²) in [6.07, 6.45) is 3.80. The van der Waals surface area contributed by atoms with Crippen LogP contribution in [0.15, 0.2) is 48.5 Å². The van der Waals surface area contributed by atoms with E-state index in [4.69, 9.17) is 0 Å². The van der Waals surface area contributed by atoms with Crippen LogP contribution in [0.2, 0.25) is 0 Å². The van der Waals surface area contributed by atoms with Crippen molar-refractivity contribution in [1.82, 2.24) is 0 Å². The minimum absolute atomic E-state index is 0.0874. The van der Waals surface area contributed by atoms with E-state index in [0.29, 0.717) is 17.4 Å². The van der Waals surface area contributed by atoms with Crippen LogP contribution in [-0.4, -0.2) is 0 Å². The minimum atomic E-state index is -4.78. The Morgan fingerprint density at radius 1 is 0.875 bits per heavy atom. The molecule has 32 heavy (non-hydrogen) atoms. The van der Waals surface area contributed by atoms with Gasteiger partial charge in [0.15, 0.2) is 0 Å². The molecule has 0 amide bonds. The number of alkyl halides is 3. The third-order valence-electron chi connectivity index (χ3n) is 6.85. The molecular formula is C27H27F5. The molecule has 0 unspecified atom stereocenters. The molecule has 0 radical (unpaired) electrons. The van der Waals surface area contributed by atoms with Crippen LogP contribution in [0, 0.1) is 17.6 Å². The number of halogens is 5. The summed E-state index contributed by atoms with van der Waals surface area (Å²) in [5, 5.41) is 1.15. The Labute approximate surface area is 185 Å². The summed E-state index contributed by atoms with van der Waals surface area (Å²) < 4.78 is 67.7. The molecule has 0 saturated heterocycles. The number of fused-ring (bicyclic) bond motifs is 1. The van der Waals surface area contributed by atoms with Crippen LogP contribution in [0.4, 0.5) is 22.0 Å². The molecule has 0 aromatic heterocycles. The predicted molar refractivity (Wildman–Crippen MR) is 119 cm³/mol. The summed E-state index contributed by atoms with van der Waals surface area (Å²) in [5.41, 5.74) is 0.0364. The van der Waals surface area contributed by atoms with Crippen LogP contribution in [0.5, 0.6) is 0 Å². The van der Waals surface area contributed by atoms with Gasteiger partial charge in [0.25, 0.3) is 0 Å². The van der Waals surface area contributed by atoms with Crippen LogP contribution in [0.25, 0.3) is 21.9 Å². The van der Waals surface area contributed by atoms with E-state index < -0.39 is 23.4 Å². The molecule has 3 aromatic carbocycles. The lowest BCUT2D eigenvalue weighted by Crippen LogP contribution is -2.13. The molecule has 170 valence electrons. The van der Waals surface area contributed by atoms with Crippen molar-refractivity contribution in [1.29, 1.82) is 0 Å². The highest BCUT2D eigenvalue weighted by Crippen LogP contribution is 2.40. The molecule has 1 aliphatic rings. The van der Waals surface area contributed by atoms with E-state index in [1.54, 1.807) is 12.1 Å². The Kier molecular flexibility index (Phi) is 6.55. The zero-order valence-electron chi connectivity index (χ0n) is 18.1. The van der Waals surface area contributed by atoms with Crippen LogP contribution in [0.1, 0.15) is 68.9 Å². The number of benzene rings is 3. The van der Waals surface area contributed by atoms with E-state index in [2.05, 4.69) is 6.92 Å². The fourth-order valence-corrected chi connectivity index (χ4v) is 4.98. The van der Waals surface area contributed by atoms with Crippen LogP contribution in [0.3, 0.4) is 0 Å². The van der Waals surface area contributed by atoms with E-state index >= 15 is 4.39 Å². The maximum Gasteiger partial charge on any atom is 0.419 e. The monoisotopic (exact) mass is 446 g/mol. The van der Waals surface area contributed by atoms with Gasteiger partial charge in [-0.15, -0.1) is 0 Å². The van der Waals surface area contributed by atoms with Gasteiger partial charge in [0.1, 0.15) is 11.6 Å². The zero-order chi connectivity index (χ0) is 22.9. The Morgan fingerprint density at radius 3 is 2.28 bits per heavy atom. The molecule has 0 N–H and O–H groups in total. The molecule has 5 heteroatoms. The van der Waals surface area contributed by atoms with Crippen molar-refractivity contribution in [3.63, 3.8) is 0 Å². The lowest BCUT2D eigenvalue weighted by atomic mass is 9.77. The van der Waals surface area contributed by atoms with E-state index in [9.17, 15) is 17.6 Å². The van der Waals surface area contributed by atoms with Gasteiger partial charge in [0, 0.05) is 10.9 Å². The third-order valence-corrected chi connectivity index (χ3v) is 6.85. The third kappa shape index (κ3) is 4.67. The lowest BCUT2D eigenvalue weighted by Gasteiger charge is -2.29. The van der Waals surface area contributed by atoms with Crippen molar-refractivity contribution in [3.8, 4) is 11.1 Å². The number of hydrogen-bond acceptors (Lipinski definition) is 0. The van der Waals surface area contributed by atoms with Crippen molar-refractivity contribution < 1.29 is 22.0 Å². The smallest absolute Gasteiger partial charge is 0.206 e. The average Bonchev–Trinajstić information content (AvgIpc) is 2.77. The molecule has 0 bridgehead atoms. The second-order valence-electron chi connectivity index (χ2n) is 8.96.